The van der Waals surface area contributed by atoms with Crippen molar-refractivity contribution in [1.82, 2.24) is 14.9 Å². The van der Waals surface area contributed by atoms with Crippen LogP contribution in [0.2, 0.25) is 0 Å². The molecule has 3 aromatic rings. The summed E-state index contributed by atoms with van der Waals surface area (Å²) in [6.45, 7) is 3.25. The molecule has 1 N–H and O–H groups in total. The molecule has 0 spiro atoms. The van der Waals surface area contributed by atoms with Crippen molar-refractivity contribution in [3.05, 3.63) is 64.1 Å². The van der Waals surface area contributed by atoms with Crippen LogP contribution in [0, 0.1) is 6.92 Å². The van der Waals surface area contributed by atoms with Crippen molar-refractivity contribution in [3.8, 4) is 0 Å². The van der Waals surface area contributed by atoms with Crippen molar-refractivity contribution < 1.29 is 9.21 Å². The zero-order chi connectivity index (χ0) is 18.8. The number of H-pyrrole nitrogens is 1. The number of furan rings is 1. The lowest BCUT2D eigenvalue weighted by atomic mass is 9.96. The maximum absolute atomic E-state index is 12.6. The van der Waals surface area contributed by atoms with Gasteiger partial charge in [-0.3, -0.25) is 9.59 Å². The molecule has 1 aliphatic heterocycles. The first kappa shape index (κ1) is 17.5. The topological polar surface area (TPSA) is 79.2 Å². The van der Waals surface area contributed by atoms with Gasteiger partial charge in [0.1, 0.15) is 17.3 Å². The van der Waals surface area contributed by atoms with Crippen LogP contribution in [0.25, 0.3) is 10.9 Å². The Labute approximate surface area is 157 Å². The summed E-state index contributed by atoms with van der Waals surface area (Å²) in [6, 6.07) is 11.2. The Kier molecular flexibility index (Phi) is 4.79. The molecule has 6 nitrogen and oxygen atoms in total. The van der Waals surface area contributed by atoms with E-state index in [0.29, 0.717) is 36.1 Å². The summed E-state index contributed by atoms with van der Waals surface area (Å²) in [5.74, 6) is 2.57. The summed E-state index contributed by atoms with van der Waals surface area (Å²) in [5.41, 5.74) is 0.583. The molecule has 6 heteroatoms. The van der Waals surface area contributed by atoms with Gasteiger partial charge in [0.25, 0.3) is 5.56 Å². The largest absolute Gasteiger partial charge is 0.466 e. The lowest BCUT2D eigenvalue weighted by Gasteiger charge is -2.32. The number of hydrogen-bond acceptors (Lipinski definition) is 4. The van der Waals surface area contributed by atoms with E-state index in [4.69, 9.17) is 4.42 Å². The number of piperidine rings is 1. The van der Waals surface area contributed by atoms with Gasteiger partial charge in [0.2, 0.25) is 5.91 Å². The molecule has 0 radical (unpaired) electrons. The van der Waals surface area contributed by atoms with Crippen molar-refractivity contribution in [2.45, 2.75) is 38.5 Å². The van der Waals surface area contributed by atoms with E-state index in [0.717, 1.165) is 30.9 Å². The third-order valence-electron chi connectivity index (χ3n) is 5.17. The number of carbonyl (C=O) groups excluding carboxylic acids is 1. The smallest absolute Gasteiger partial charge is 0.258 e. The van der Waals surface area contributed by atoms with Crippen molar-refractivity contribution in [2.24, 2.45) is 0 Å². The van der Waals surface area contributed by atoms with E-state index in [-0.39, 0.29) is 17.4 Å². The molecule has 3 heterocycles. The van der Waals surface area contributed by atoms with Crippen molar-refractivity contribution in [3.63, 3.8) is 0 Å². The van der Waals surface area contributed by atoms with Crippen LogP contribution in [0.4, 0.5) is 0 Å². The molecule has 1 fully saturated rings. The van der Waals surface area contributed by atoms with E-state index in [9.17, 15) is 9.59 Å². The number of para-hydroxylation sites is 1. The number of hydrogen-bond donors (Lipinski definition) is 1. The van der Waals surface area contributed by atoms with Gasteiger partial charge in [-0.25, -0.2) is 4.98 Å². The van der Waals surface area contributed by atoms with E-state index in [2.05, 4.69) is 9.97 Å². The summed E-state index contributed by atoms with van der Waals surface area (Å²) in [5, 5.41) is 0.596. The molecule has 1 unspecified atom stereocenters. The fourth-order valence-corrected chi connectivity index (χ4v) is 3.73. The van der Waals surface area contributed by atoms with Crippen molar-refractivity contribution in [2.75, 3.05) is 13.1 Å². The fourth-order valence-electron chi connectivity index (χ4n) is 3.73. The first-order valence-corrected chi connectivity index (χ1v) is 9.42. The highest BCUT2D eigenvalue weighted by atomic mass is 16.3. The van der Waals surface area contributed by atoms with Gasteiger partial charge in [0.05, 0.1) is 10.9 Å². The van der Waals surface area contributed by atoms with Crippen LogP contribution < -0.4 is 5.56 Å². The SMILES string of the molecule is Cc1ccc(CCC(=O)N2CCCC(c3nc4ccccc4c(=O)[nH]3)C2)o1. The van der Waals surface area contributed by atoms with Gasteiger partial charge in [0.15, 0.2) is 0 Å². The van der Waals surface area contributed by atoms with E-state index in [1.807, 2.05) is 42.2 Å². The van der Waals surface area contributed by atoms with Crippen molar-refractivity contribution in [1.29, 1.82) is 0 Å². The molecular formula is C21H23N3O3. The molecule has 1 aliphatic rings. The lowest BCUT2D eigenvalue weighted by Crippen LogP contribution is -2.40. The summed E-state index contributed by atoms with van der Waals surface area (Å²) in [4.78, 5) is 34.4. The number of likely N-dealkylation sites (tertiary alicyclic amines) is 1. The van der Waals surface area contributed by atoms with Crippen LogP contribution in [-0.2, 0) is 11.2 Å². The van der Waals surface area contributed by atoms with Crippen LogP contribution in [-0.4, -0.2) is 33.9 Å². The van der Waals surface area contributed by atoms with Crippen molar-refractivity contribution >= 4 is 16.8 Å². The van der Waals surface area contributed by atoms with Gasteiger partial charge in [-0.2, -0.15) is 0 Å². The maximum atomic E-state index is 12.6. The average molecular weight is 365 g/mol. The minimum Gasteiger partial charge on any atom is -0.466 e. The molecule has 0 saturated carbocycles. The number of nitrogens with one attached hydrogen (secondary N) is 1. The van der Waals surface area contributed by atoms with Gasteiger partial charge in [0, 0.05) is 31.8 Å². The molecule has 1 amide bonds. The van der Waals surface area contributed by atoms with Crippen LogP contribution in [0.3, 0.4) is 0 Å². The number of aromatic nitrogens is 2. The molecule has 4 rings (SSSR count). The highest BCUT2D eigenvalue weighted by Gasteiger charge is 2.26. The number of benzene rings is 1. The third-order valence-corrected chi connectivity index (χ3v) is 5.17. The second kappa shape index (κ2) is 7.39. The van der Waals surface area contributed by atoms with E-state index in [1.54, 1.807) is 6.07 Å². The normalized spacial score (nSPS) is 17.4. The standard InChI is InChI=1S/C21H23N3O3/c1-14-8-9-16(27-14)10-11-19(25)24-12-4-5-15(13-24)20-22-18-7-3-2-6-17(18)21(26)23-20/h2-3,6-9,15H,4-5,10-13H2,1H3,(H,22,23,26). The summed E-state index contributed by atoms with van der Waals surface area (Å²) < 4.78 is 5.55. The first-order valence-electron chi connectivity index (χ1n) is 9.42. The number of aromatic amines is 1. The van der Waals surface area contributed by atoms with Crippen LogP contribution >= 0.6 is 0 Å². The highest BCUT2D eigenvalue weighted by molar-refractivity contribution is 5.77. The van der Waals surface area contributed by atoms with Gasteiger partial charge in [-0.1, -0.05) is 12.1 Å². The summed E-state index contributed by atoms with van der Waals surface area (Å²) in [6.07, 6.45) is 2.87. The minimum absolute atomic E-state index is 0.0610. The molecule has 0 aliphatic carbocycles. The Morgan fingerprint density at radius 1 is 1.30 bits per heavy atom. The molecule has 140 valence electrons. The molecule has 1 aromatic carbocycles. The van der Waals surface area contributed by atoms with Gasteiger partial charge >= 0.3 is 0 Å². The quantitative estimate of drug-likeness (QED) is 0.770. The Hall–Kier alpha value is -2.89. The molecule has 2 aromatic heterocycles. The number of amides is 1. The summed E-state index contributed by atoms with van der Waals surface area (Å²) >= 11 is 0. The zero-order valence-electron chi connectivity index (χ0n) is 15.4. The number of nitrogens with zero attached hydrogens (tertiary/aromatic N) is 2. The second-order valence-corrected chi connectivity index (χ2v) is 7.16. The Morgan fingerprint density at radius 3 is 2.96 bits per heavy atom. The maximum Gasteiger partial charge on any atom is 0.258 e. The average Bonchev–Trinajstić information content (AvgIpc) is 3.11. The predicted molar refractivity (Wildman–Crippen MR) is 103 cm³/mol. The number of carbonyl (C=O) groups is 1. The molecule has 1 saturated heterocycles. The molecular weight excluding hydrogens is 342 g/mol. The van der Waals surface area contributed by atoms with Crippen LogP contribution in [0.5, 0.6) is 0 Å². The van der Waals surface area contributed by atoms with E-state index < -0.39 is 0 Å². The van der Waals surface area contributed by atoms with Gasteiger partial charge in [-0.05, 0) is 44.0 Å². The fraction of sp³-hybridized carbons (Fsp3) is 0.381. The van der Waals surface area contributed by atoms with Gasteiger partial charge in [-0.15, -0.1) is 0 Å². The second-order valence-electron chi connectivity index (χ2n) is 7.16. The van der Waals surface area contributed by atoms with E-state index in [1.165, 1.54) is 0 Å². The number of aryl methyl sites for hydroxylation is 2. The summed E-state index contributed by atoms with van der Waals surface area (Å²) in [7, 11) is 0. The number of fused-ring (bicyclic) bond motifs is 1. The van der Waals surface area contributed by atoms with Gasteiger partial charge < -0.3 is 14.3 Å². The van der Waals surface area contributed by atoms with Crippen LogP contribution in [0.1, 0.15) is 42.5 Å². The predicted octanol–water partition coefficient (Wildman–Crippen LogP) is 3.16. The minimum atomic E-state index is -0.118. The molecule has 1 atom stereocenters. The third kappa shape index (κ3) is 3.79. The molecule has 27 heavy (non-hydrogen) atoms. The lowest BCUT2D eigenvalue weighted by molar-refractivity contribution is -0.132. The Morgan fingerprint density at radius 2 is 2.15 bits per heavy atom. The monoisotopic (exact) mass is 365 g/mol. The Balaban J connectivity index is 1.46. The zero-order valence-corrected chi connectivity index (χ0v) is 15.4. The number of rotatable bonds is 4. The van der Waals surface area contributed by atoms with E-state index >= 15 is 0 Å². The Bertz CT molecular complexity index is 1020. The first-order chi connectivity index (χ1) is 13.1. The molecule has 0 bridgehead atoms. The van der Waals surface area contributed by atoms with Crippen LogP contribution in [0.15, 0.2) is 45.6 Å². The highest BCUT2D eigenvalue weighted by Crippen LogP contribution is 2.25.